The third kappa shape index (κ3) is 3.93. The molecule has 0 bridgehead atoms. The highest BCUT2D eigenvalue weighted by Gasteiger charge is 2.60. The van der Waals surface area contributed by atoms with E-state index >= 15 is 0 Å². The number of rotatable bonds is 4. The zero-order valence-corrected chi connectivity index (χ0v) is 22.6. The van der Waals surface area contributed by atoms with Gasteiger partial charge < -0.3 is 9.64 Å². The lowest BCUT2D eigenvalue weighted by Gasteiger charge is -2.59. The van der Waals surface area contributed by atoms with E-state index in [1.54, 1.807) is 13.3 Å². The molecule has 7 rings (SSSR count). The van der Waals surface area contributed by atoms with Gasteiger partial charge in [-0.05, 0) is 61.6 Å². The number of benzene rings is 1. The van der Waals surface area contributed by atoms with Crippen LogP contribution in [0.4, 0.5) is 19.0 Å². The molecule has 0 amide bonds. The van der Waals surface area contributed by atoms with Crippen LogP contribution < -0.4 is 9.64 Å². The van der Waals surface area contributed by atoms with Gasteiger partial charge in [-0.3, -0.25) is 9.47 Å². The van der Waals surface area contributed by atoms with Crippen molar-refractivity contribution >= 4 is 17.4 Å². The van der Waals surface area contributed by atoms with Gasteiger partial charge in [-0.2, -0.15) is 13.2 Å². The van der Waals surface area contributed by atoms with Crippen molar-refractivity contribution < 1.29 is 17.9 Å². The normalized spacial score (nSPS) is 26.2. The van der Waals surface area contributed by atoms with E-state index in [-0.39, 0.29) is 30.2 Å². The first-order chi connectivity index (χ1) is 18.6. The summed E-state index contributed by atoms with van der Waals surface area (Å²) in [4.78, 5) is 8.90. The molecular formula is C28H30ClF3N6O. The van der Waals surface area contributed by atoms with Crippen LogP contribution in [-0.4, -0.2) is 57.1 Å². The summed E-state index contributed by atoms with van der Waals surface area (Å²) < 4.78 is 48.3. The second-order valence-electron chi connectivity index (χ2n) is 12.1. The van der Waals surface area contributed by atoms with Crippen molar-refractivity contribution in [2.24, 2.45) is 10.8 Å². The molecule has 2 saturated carbocycles. The van der Waals surface area contributed by atoms with Gasteiger partial charge in [0.25, 0.3) is 0 Å². The molecule has 206 valence electrons. The fraction of sp³-hybridized carbons (Fsp3) is 0.536. The second-order valence-corrected chi connectivity index (χ2v) is 12.5. The van der Waals surface area contributed by atoms with Crippen molar-refractivity contribution in [3.8, 4) is 11.4 Å². The number of halogens is 4. The molecule has 0 radical (unpaired) electrons. The van der Waals surface area contributed by atoms with E-state index in [1.807, 2.05) is 30.3 Å². The maximum atomic E-state index is 13.6. The fourth-order valence-corrected chi connectivity index (χ4v) is 7.36. The molecule has 7 nitrogen and oxygen atoms in total. The third-order valence-electron chi connectivity index (χ3n) is 9.38. The van der Waals surface area contributed by atoms with E-state index in [4.69, 9.17) is 16.3 Å². The van der Waals surface area contributed by atoms with Gasteiger partial charge in [0.05, 0.1) is 24.8 Å². The molecule has 2 aliphatic carbocycles. The quantitative estimate of drug-likeness (QED) is 0.406. The van der Waals surface area contributed by atoms with E-state index in [9.17, 15) is 13.2 Å². The smallest absolute Gasteiger partial charge is 0.394 e. The van der Waals surface area contributed by atoms with Crippen molar-refractivity contribution in [2.75, 3.05) is 25.1 Å². The van der Waals surface area contributed by atoms with E-state index in [0.717, 1.165) is 60.4 Å². The number of aromatic nitrogens is 4. The number of fused-ring (bicyclic) bond motifs is 3. The minimum absolute atomic E-state index is 0.0933. The first-order valence-corrected chi connectivity index (χ1v) is 13.7. The lowest BCUT2D eigenvalue weighted by Crippen LogP contribution is -2.62. The molecule has 2 aliphatic heterocycles. The van der Waals surface area contributed by atoms with Gasteiger partial charge in [0.15, 0.2) is 17.4 Å². The van der Waals surface area contributed by atoms with Gasteiger partial charge in [-0.1, -0.05) is 18.5 Å². The molecule has 0 atom stereocenters. The molecule has 1 spiro atoms. The lowest BCUT2D eigenvalue weighted by molar-refractivity contribution is -0.258. The molecule has 3 fully saturated rings. The molecule has 11 heteroatoms. The van der Waals surface area contributed by atoms with Crippen molar-refractivity contribution in [1.29, 1.82) is 0 Å². The van der Waals surface area contributed by atoms with E-state index in [1.165, 1.54) is 6.92 Å². The maximum Gasteiger partial charge on any atom is 0.394 e. The Balaban J connectivity index is 1.11. The molecule has 4 aliphatic rings. The molecule has 3 aromatic rings. The molecule has 2 aromatic heterocycles. The topological polar surface area (TPSA) is 59.3 Å². The predicted molar refractivity (Wildman–Crippen MR) is 140 cm³/mol. The van der Waals surface area contributed by atoms with E-state index < -0.39 is 11.6 Å². The van der Waals surface area contributed by atoms with Crippen LogP contribution in [0.5, 0.6) is 5.75 Å². The summed E-state index contributed by atoms with van der Waals surface area (Å²) in [6.45, 7) is 4.18. The first kappa shape index (κ1) is 25.1. The molecule has 4 heterocycles. The second kappa shape index (κ2) is 8.57. The largest absolute Gasteiger partial charge is 0.493 e. The summed E-state index contributed by atoms with van der Waals surface area (Å²) >= 11 is 6.38. The minimum Gasteiger partial charge on any atom is -0.493 e. The average molecular weight is 559 g/mol. The molecule has 1 aromatic carbocycles. The zero-order chi connectivity index (χ0) is 27.2. The van der Waals surface area contributed by atoms with E-state index in [2.05, 4.69) is 29.5 Å². The number of alkyl halides is 3. The van der Waals surface area contributed by atoms with Crippen LogP contribution in [0.1, 0.15) is 55.7 Å². The molecule has 1 saturated heterocycles. The van der Waals surface area contributed by atoms with Crippen LogP contribution in [0.25, 0.3) is 5.69 Å². The Hall–Kier alpha value is -2.85. The summed E-state index contributed by atoms with van der Waals surface area (Å²) in [7, 11) is 1.67. The van der Waals surface area contributed by atoms with Gasteiger partial charge in [0.2, 0.25) is 0 Å². The molecule has 0 N–H and O–H groups in total. The van der Waals surface area contributed by atoms with Crippen molar-refractivity contribution in [2.45, 2.75) is 63.8 Å². The van der Waals surface area contributed by atoms with Crippen molar-refractivity contribution in [1.82, 2.24) is 24.6 Å². The molecule has 0 unspecified atom stereocenters. The number of pyridine rings is 1. The Morgan fingerprint density at radius 3 is 2.54 bits per heavy atom. The highest BCUT2D eigenvalue weighted by Crippen LogP contribution is 2.58. The Morgan fingerprint density at radius 2 is 1.82 bits per heavy atom. The zero-order valence-electron chi connectivity index (χ0n) is 21.9. The van der Waals surface area contributed by atoms with Crippen LogP contribution in [-0.2, 0) is 13.1 Å². The van der Waals surface area contributed by atoms with Gasteiger partial charge in [-0.15, -0.1) is 10.2 Å². The molecule has 39 heavy (non-hydrogen) atoms. The maximum absolute atomic E-state index is 13.6. The highest BCUT2D eigenvalue weighted by molar-refractivity contribution is 6.30. The van der Waals surface area contributed by atoms with Crippen LogP contribution >= 0.6 is 11.6 Å². The summed E-state index contributed by atoms with van der Waals surface area (Å²) in [5.41, 5.74) is 0.571. The Morgan fingerprint density at radius 1 is 1.05 bits per heavy atom. The summed E-state index contributed by atoms with van der Waals surface area (Å²) in [6, 6.07) is 9.43. The SMILES string of the molecule is COc1cccnc1N1CC2(CC(c3nnc4n3-c3ccc(Cl)cc3CN(C3CC(C)(C(F)(F)F)C3)C4)C2)C1. The van der Waals surface area contributed by atoms with Crippen LogP contribution in [0.2, 0.25) is 5.02 Å². The Labute approximate surface area is 229 Å². The monoisotopic (exact) mass is 558 g/mol. The number of ether oxygens (including phenoxy) is 1. The predicted octanol–water partition coefficient (Wildman–Crippen LogP) is 5.75. The number of nitrogens with zero attached hydrogens (tertiary/aromatic N) is 6. The van der Waals surface area contributed by atoms with Crippen LogP contribution in [0.3, 0.4) is 0 Å². The summed E-state index contributed by atoms with van der Waals surface area (Å²) in [5, 5.41) is 9.83. The fourth-order valence-electron chi connectivity index (χ4n) is 7.16. The van der Waals surface area contributed by atoms with Gasteiger partial charge >= 0.3 is 6.18 Å². The standard InChI is InChI=1S/C28H30ClF3N6O/c1-26(28(30,31)32)11-20(12-26)36-13-17-8-19(29)5-6-21(17)38-23(14-36)34-35-24(38)18-9-27(10-18)15-37(16-27)25-22(39-2)4-3-7-33-25/h3-8,18,20H,9-16H2,1-2H3. The number of anilines is 1. The van der Waals surface area contributed by atoms with Crippen molar-refractivity contribution in [3.05, 3.63) is 58.8 Å². The van der Waals surface area contributed by atoms with Crippen LogP contribution in [0, 0.1) is 10.8 Å². The van der Waals surface area contributed by atoms with E-state index in [0.29, 0.717) is 18.1 Å². The Bertz CT molecular complexity index is 1420. The minimum atomic E-state index is -4.19. The lowest BCUT2D eigenvalue weighted by atomic mass is 9.57. The van der Waals surface area contributed by atoms with Crippen LogP contribution in [0.15, 0.2) is 36.5 Å². The highest BCUT2D eigenvalue weighted by atomic mass is 35.5. The number of hydrogen-bond donors (Lipinski definition) is 0. The Kier molecular flexibility index (Phi) is 5.53. The first-order valence-electron chi connectivity index (χ1n) is 13.4. The van der Waals surface area contributed by atoms with Gasteiger partial charge in [0, 0.05) is 48.2 Å². The third-order valence-corrected chi connectivity index (χ3v) is 9.61. The van der Waals surface area contributed by atoms with Gasteiger partial charge in [0.1, 0.15) is 5.82 Å². The van der Waals surface area contributed by atoms with Gasteiger partial charge in [-0.25, -0.2) is 4.98 Å². The summed E-state index contributed by atoms with van der Waals surface area (Å²) in [6.07, 6.45) is -0.195. The average Bonchev–Trinajstić information content (AvgIpc) is 3.15. The summed E-state index contributed by atoms with van der Waals surface area (Å²) in [5.74, 6) is 3.65. The van der Waals surface area contributed by atoms with Crippen molar-refractivity contribution in [3.63, 3.8) is 0 Å². The number of methoxy groups -OCH3 is 1. The molecular weight excluding hydrogens is 529 g/mol. The number of hydrogen-bond acceptors (Lipinski definition) is 6.